The Morgan fingerprint density at radius 2 is 2.13 bits per heavy atom. The van der Waals surface area contributed by atoms with E-state index in [1.54, 1.807) is 7.11 Å². The van der Waals surface area contributed by atoms with Crippen molar-refractivity contribution in [2.45, 2.75) is 19.8 Å². The summed E-state index contributed by atoms with van der Waals surface area (Å²) in [6.07, 6.45) is 1.92. The van der Waals surface area contributed by atoms with Crippen LogP contribution in [-0.2, 0) is 0 Å². The van der Waals surface area contributed by atoms with E-state index in [0.717, 1.165) is 30.7 Å². The van der Waals surface area contributed by atoms with Gasteiger partial charge in [-0.3, -0.25) is 4.40 Å². The maximum absolute atomic E-state index is 6.43. The van der Waals surface area contributed by atoms with Crippen LogP contribution < -0.4 is 15.8 Å². The van der Waals surface area contributed by atoms with Gasteiger partial charge >= 0.3 is 0 Å². The van der Waals surface area contributed by atoms with Gasteiger partial charge in [-0.15, -0.1) is 10.2 Å². The monoisotopic (exact) mass is 334 g/mol. The van der Waals surface area contributed by atoms with Crippen LogP contribution in [-0.4, -0.2) is 39.8 Å². The maximum atomic E-state index is 6.43. The lowest BCUT2D eigenvalue weighted by molar-refractivity contribution is 0.415. The molecule has 0 aliphatic carbocycles. The van der Waals surface area contributed by atoms with Gasteiger partial charge in [0.1, 0.15) is 22.1 Å². The highest BCUT2D eigenvalue weighted by Crippen LogP contribution is 2.33. The van der Waals surface area contributed by atoms with Gasteiger partial charge in [0.05, 0.1) is 12.6 Å². The van der Waals surface area contributed by atoms with Crippen LogP contribution in [0.25, 0.3) is 16.7 Å². The largest absolute Gasteiger partial charge is 0.495 e. The van der Waals surface area contributed by atoms with E-state index < -0.39 is 0 Å². The van der Waals surface area contributed by atoms with Crippen molar-refractivity contribution >= 4 is 34.1 Å². The molecule has 2 aromatic heterocycles. The lowest BCUT2D eigenvalue weighted by Crippen LogP contribution is -2.09. The molecule has 0 saturated heterocycles. The topological polar surface area (TPSA) is 90.4 Å². The summed E-state index contributed by atoms with van der Waals surface area (Å²) in [5, 5.41) is 12.2. The molecule has 0 amide bonds. The second-order valence-corrected chi connectivity index (χ2v) is 5.62. The number of aromatic nitrogens is 4. The molecular formula is C15H19ClN6O. The van der Waals surface area contributed by atoms with Gasteiger partial charge < -0.3 is 15.8 Å². The van der Waals surface area contributed by atoms with Gasteiger partial charge in [-0.2, -0.15) is 0 Å². The van der Waals surface area contributed by atoms with E-state index in [9.17, 15) is 0 Å². The van der Waals surface area contributed by atoms with Gasteiger partial charge in [-0.25, -0.2) is 4.98 Å². The number of nitrogens with two attached hydrogens (primary N) is 1. The van der Waals surface area contributed by atoms with Crippen LogP contribution in [0.4, 0.5) is 5.82 Å². The molecule has 1 aromatic carbocycles. The number of ether oxygens (including phenoxy) is 1. The first-order valence-electron chi connectivity index (χ1n) is 7.49. The minimum Gasteiger partial charge on any atom is -0.495 e. The van der Waals surface area contributed by atoms with Crippen molar-refractivity contribution in [3.05, 3.63) is 23.0 Å². The van der Waals surface area contributed by atoms with Crippen molar-refractivity contribution < 1.29 is 4.74 Å². The van der Waals surface area contributed by atoms with E-state index in [-0.39, 0.29) is 0 Å². The highest BCUT2D eigenvalue weighted by atomic mass is 35.5. The number of unbranched alkanes of at least 4 members (excludes halogenated alkanes) is 1. The third-order valence-corrected chi connectivity index (χ3v) is 4.07. The molecule has 0 aliphatic heterocycles. The van der Waals surface area contributed by atoms with Crippen molar-refractivity contribution in [2.75, 3.05) is 25.5 Å². The highest BCUT2D eigenvalue weighted by molar-refractivity contribution is 6.36. The molecule has 0 bridgehead atoms. The Bertz CT molecular complexity index is 847. The van der Waals surface area contributed by atoms with Gasteiger partial charge in [-0.1, -0.05) is 11.6 Å². The van der Waals surface area contributed by atoms with Crippen molar-refractivity contribution in [1.29, 1.82) is 0 Å². The molecule has 2 heterocycles. The summed E-state index contributed by atoms with van der Waals surface area (Å²) >= 11 is 6.43. The second kappa shape index (κ2) is 6.55. The molecule has 3 rings (SSSR count). The fourth-order valence-electron chi connectivity index (χ4n) is 2.54. The Labute approximate surface area is 138 Å². The summed E-state index contributed by atoms with van der Waals surface area (Å²) in [6.45, 7) is 3.34. The number of aryl methyl sites for hydroxylation is 1. The van der Waals surface area contributed by atoms with Crippen molar-refractivity contribution in [3.63, 3.8) is 0 Å². The van der Waals surface area contributed by atoms with Gasteiger partial charge in [-0.05, 0) is 38.4 Å². The predicted molar refractivity (Wildman–Crippen MR) is 91.4 cm³/mol. The first-order chi connectivity index (χ1) is 11.2. The molecule has 0 radical (unpaired) electrons. The van der Waals surface area contributed by atoms with Crippen molar-refractivity contribution in [2.24, 2.45) is 5.73 Å². The van der Waals surface area contributed by atoms with Crippen LogP contribution in [0.3, 0.4) is 0 Å². The van der Waals surface area contributed by atoms with E-state index in [2.05, 4.69) is 20.5 Å². The minimum absolute atomic E-state index is 0.477. The summed E-state index contributed by atoms with van der Waals surface area (Å²) < 4.78 is 7.23. The Morgan fingerprint density at radius 3 is 2.87 bits per heavy atom. The fraction of sp³-hybridized carbons (Fsp3) is 0.400. The Balaban J connectivity index is 2.15. The first-order valence-corrected chi connectivity index (χ1v) is 7.87. The Morgan fingerprint density at radius 1 is 1.30 bits per heavy atom. The third kappa shape index (κ3) is 2.77. The van der Waals surface area contributed by atoms with Gasteiger partial charge in [0.2, 0.25) is 5.65 Å². The van der Waals surface area contributed by atoms with E-state index in [0.29, 0.717) is 34.3 Å². The molecule has 0 saturated carbocycles. The lowest BCUT2D eigenvalue weighted by atomic mass is 10.2. The predicted octanol–water partition coefficient (Wildman–Crippen LogP) is 2.40. The molecule has 7 nitrogen and oxygen atoms in total. The zero-order chi connectivity index (χ0) is 16.4. The van der Waals surface area contributed by atoms with Crippen LogP contribution in [0, 0.1) is 6.92 Å². The summed E-state index contributed by atoms with van der Waals surface area (Å²) in [5.41, 5.74) is 7.71. The summed E-state index contributed by atoms with van der Waals surface area (Å²) in [5.74, 6) is 2.02. The number of hydrogen-bond acceptors (Lipinski definition) is 6. The number of hydrogen-bond donors (Lipinski definition) is 2. The van der Waals surface area contributed by atoms with Crippen LogP contribution in [0.2, 0.25) is 5.02 Å². The Kier molecular flexibility index (Phi) is 4.49. The van der Waals surface area contributed by atoms with Crippen LogP contribution >= 0.6 is 11.6 Å². The van der Waals surface area contributed by atoms with Crippen LogP contribution in [0.1, 0.15) is 18.7 Å². The number of rotatable bonds is 6. The molecule has 23 heavy (non-hydrogen) atoms. The highest BCUT2D eigenvalue weighted by Gasteiger charge is 2.16. The lowest BCUT2D eigenvalue weighted by Gasteiger charge is -2.12. The fourth-order valence-corrected chi connectivity index (χ4v) is 2.82. The minimum atomic E-state index is 0.477. The number of anilines is 1. The summed E-state index contributed by atoms with van der Waals surface area (Å²) in [7, 11) is 1.58. The zero-order valence-electron chi connectivity index (χ0n) is 13.1. The molecule has 0 aliphatic rings. The van der Waals surface area contributed by atoms with Crippen molar-refractivity contribution in [3.8, 4) is 5.75 Å². The quantitative estimate of drug-likeness (QED) is 0.673. The average molecular weight is 335 g/mol. The summed E-state index contributed by atoms with van der Waals surface area (Å²) in [6, 6.07) is 3.73. The Hall–Kier alpha value is -2.12. The van der Waals surface area contributed by atoms with E-state index >= 15 is 0 Å². The van der Waals surface area contributed by atoms with Crippen molar-refractivity contribution in [1.82, 2.24) is 19.6 Å². The average Bonchev–Trinajstić information content (AvgIpc) is 2.95. The standard InChI is InChI=1S/C15H19ClN6O/c1-9-20-21-15-14(18-8-4-3-7-17)19-13-10(22(9)15)5-6-11(23-2)12(13)16/h5-6H,3-4,7-8,17H2,1-2H3,(H,18,19). The maximum Gasteiger partial charge on any atom is 0.204 e. The molecule has 3 aromatic rings. The smallest absolute Gasteiger partial charge is 0.204 e. The molecule has 8 heteroatoms. The molecule has 0 unspecified atom stereocenters. The molecule has 0 fully saturated rings. The molecular weight excluding hydrogens is 316 g/mol. The number of halogens is 1. The zero-order valence-corrected chi connectivity index (χ0v) is 13.9. The number of fused-ring (bicyclic) bond motifs is 3. The van der Waals surface area contributed by atoms with Gasteiger partial charge in [0, 0.05) is 6.54 Å². The normalized spacial score (nSPS) is 11.3. The van der Waals surface area contributed by atoms with E-state index in [4.69, 9.17) is 22.1 Å². The first kappa shape index (κ1) is 15.8. The molecule has 3 N–H and O–H groups in total. The van der Waals surface area contributed by atoms with E-state index in [1.807, 2.05) is 23.5 Å². The molecule has 122 valence electrons. The third-order valence-electron chi connectivity index (χ3n) is 3.70. The molecule has 0 spiro atoms. The van der Waals surface area contributed by atoms with Crippen LogP contribution in [0.5, 0.6) is 5.75 Å². The summed E-state index contributed by atoms with van der Waals surface area (Å²) in [4.78, 5) is 4.64. The number of methoxy groups -OCH3 is 1. The number of nitrogens with one attached hydrogen (secondary N) is 1. The van der Waals surface area contributed by atoms with Crippen LogP contribution in [0.15, 0.2) is 12.1 Å². The number of benzene rings is 1. The SMILES string of the molecule is COc1ccc2c(nc(NCCCCN)c3nnc(C)n32)c1Cl. The second-order valence-electron chi connectivity index (χ2n) is 5.24. The van der Waals surface area contributed by atoms with E-state index in [1.165, 1.54) is 0 Å². The van der Waals surface area contributed by atoms with Gasteiger partial charge in [0.15, 0.2) is 5.82 Å². The molecule has 0 atom stereocenters. The number of nitrogens with zero attached hydrogens (tertiary/aromatic N) is 4. The van der Waals surface area contributed by atoms with Gasteiger partial charge in [0.25, 0.3) is 0 Å².